The molecule has 0 unspecified atom stereocenters. The number of carbonyl (C=O) groups excluding carboxylic acids is 1. The molecule has 0 N–H and O–H groups in total. The fraction of sp³-hybridized carbons (Fsp3) is 0.520. The molecule has 2 saturated carbocycles. The molecular weight excluding hydrogens is 455 g/mol. The van der Waals surface area contributed by atoms with Crippen LogP contribution >= 0.6 is 11.3 Å². The van der Waals surface area contributed by atoms with Crippen LogP contribution in [0.15, 0.2) is 24.4 Å². The van der Waals surface area contributed by atoms with E-state index in [4.69, 9.17) is 14.5 Å². The van der Waals surface area contributed by atoms with Crippen LogP contribution in [0.25, 0.3) is 10.6 Å². The molecule has 0 bridgehead atoms. The number of esters is 1. The predicted octanol–water partition coefficient (Wildman–Crippen LogP) is 4.96. The van der Waals surface area contributed by atoms with Crippen LogP contribution < -0.4 is 4.74 Å². The van der Waals surface area contributed by atoms with Gasteiger partial charge >= 0.3 is 5.97 Å². The van der Waals surface area contributed by atoms with E-state index < -0.39 is 0 Å². The van der Waals surface area contributed by atoms with E-state index in [0.717, 1.165) is 64.8 Å². The summed E-state index contributed by atoms with van der Waals surface area (Å²) in [6, 6.07) is 5.32. The number of hydrogen-bond donors (Lipinski definition) is 0. The number of aromatic nitrogens is 4. The van der Waals surface area contributed by atoms with Gasteiger partial charge in [-0.2, -0.15) is 4.39 Å². The van der Waals surface area contributed by atoms with E-state index in [1.807, 2.05) is 25.3 Å². The summed E-state index contributed by atoms with van der Waals surface area (Å²) >= 11 is 1.09. The molecule has 0 aliphatic heterocycles. The van der Waals surface area contributed by atoms with Crippen molar-refractivity contribution in [2.24, 2.45) is 11.8 Å². The lowest BCUT2D eigenvalue weighted by Crippen LogP contribution is -2.30. The number of thiophene rings is 1. The van der Waals surface area contributed by atoms with Crippen LogP contribution in [0, 0.1) is 23.9 Å². The number of ether oxygens (including phenoxy) is 2. The second kappa shape index (κ2) is 9.82. The molecule has 7 nitrogen and oxygen atoms in total. The zero-order valence-electron chi connectivity index (χ0n) is 19.5. The van der Waals surface area contributed by atoms with Crippen molar-refractivity contribution < 1.29 is 18.7 Å². The lowest BCUT2D eigenvalue weighted by Gasteiger charge is -2.28. The SMILES string of the molecule is COC(=O)[C@H]1CCC[C@H](Oc2ccc(-c3sc(F)cc3Cn3cc(CC4CC4)nn3)nc2C)C1. The lowest BCUT2D eigenvalue weighted by molar-refractivity contribution is -0.147. The Kier molecular flexibility index (Phi) is 6.63. The summed E-state index contributed by atoms with van der Waals surface area (Å²) < 4.78 is 27.2. The van der Waals surface area contributed by atoms with Crippen LogP contribution in [0.5, 0.6) is 5.75 Å². The van der Waals surface area contributed by atoms with Gasteiger partial charge in [0.2, 0.25) is 0 Å². The Balaban J connectivity index is 1.29. The van der Waals surface area contributed by atoms with E-state index >= 15 is 0 Å². The lowest BCUT2D eigenvalue weighted by atomic mass is 9.87. The average Bonchev–Trinajstić information content (AvgIpc) is 3.42. The normalized spacial score (nSPS) is 20.3. The molecule has 2 aliphatic rings. The minimum absolute atomic E-state index is 0.0453. The molecule has 3 heterocycles. The zero-order valence-corrected chi connectivity index (χ0v) is 20.3. The van der Waals surface area contributed by atoms with Gasteiger partial charge in [-0.15, -0.1) is 16.4 Å². The first-order valence-corrected chi connectivity index (χ1v) is 12.7. The highest BCUT2D eigenvalue weighted by Gasteiger charge is 2.29. The standard InChI is InChI=1S/C25H29FN4O3S/c1-15-22(33-20-5-3-4-17(11-20)25(31)32-2)9-8-21(27-15)24-18(12-23(26)34-24)13-30-14-19(28-29-30)10-16-6-7-16/h8-9,12,14,16-17,20H,3-7,10-11,13H2,1-2H3/t17-,20-/m0/s1. The van der Waals surface area contributed by atoms with Crippen molar-refractivity contribution in [3.8, 4) is 16.3 Å². The van der Waals surface area contributed by atoms with E-state index in [1.54, 1.807) is 10.7 Å². The maximum absolute atomic E-state index is 14.3. The summed E-state index contributed by atoms with van der Waals surface area (Å²) in [5.74, 6) is 1.15. The molecule has 3 aromatic heterocycles. The maximum atomic E-state index is 14.3. The van der Waals surface area contributed by atoms with Gasteiger partial charge < -0.3 is 9.47 Å². The molecule has 34 heavy (non-hydrogen) atoms. The number of halogens is 1. The molecule has 0 spiro atoms. The number of nitrogens with zero attached hydrogens (tertiary/aromatic N) is 4. The van der Waals surface area contributed by atoms with Gasteiger partial charge in [0, 0.05) is 6.20 Å². The minimum atomic E-state index is -0.251. The minimum Gasteiger partial charge on any atom is -0.489 e. The van der Waals surface area contributed by atoms with Crippen LogP contribution in [0.3, 0.4) is 0 Å². The van der Waals surface area contributed by atoms with Gasteiger partial charge in [0.25, 0.3) is 0 Å². The number of hydrogen-bond acceptors (Lipinski definition) is 7. The molecule has 0 radical (unpaired) electrons. The number of carbonyl (C=O) groups is 1. The quantitative estimate of drug-likeness (QED) is 0.421. The highest BCUT2D eigenvalue weighted by molar-refractivity contribution is 7.14. The number of methoxy groups -OCH3 is 1. The molecule has 0 aromatic carbocycles. The summed E-state index contributed by atoms with van der Waals surface area (Å²) in [5, 5.41) is 8.25. The van der Waals surface area contributed by atoms with E-state index in [1.165, 1.54) is 20.0 Å². The van der Waals surface area contributed by atoms with Crippen molar-refractivity contribution in [3.05, 3.63) is 46.5 Å². The Hall–Kier alpha value is -2.81. The zero-order chi connectivity index (χ0) is 23.7. The van der Waals surface area contributed by atoms with Crippen molar-refractivity contribution in [2.75, 3.05) is 7.11 Å². The summed E-state index contributed by atoms with van der Waals surface area (Å²) in [5.41, 5.74) is 3.28. The van der Waals surface area contributed by atoms with Crippen molar-refractivity contribution in [1.82, 2.24) is 20.0 Å². The third-order valence-electron chi connectivity index (χ3n) is 6.62. The molecule has 0 amide bonds. The summed E-state index contributed by atoms with van der Waals surface area (Å²) in [6.07, 6.45) is 8.73. The molecular formula is C25H29FN4O3S. The monoisotopic (exact) mass is 484 g/mol. The van der Waals surface area contributed by atoms with Crippen molar-refractivity contribution >= 4 is 17.3 Å². The highest BCUT2D eigenvalue weighted by atomic mass is 32.1. The molecule has 180 valence electrons. The van der Waals surface area contributed by atoms with Gasteiger partial charge in [-0.1, -0.05) is 5.21 Å². The molecule has 2 atom stereocenters. The first kappa shape index (κ1) is 23.0. The van der Waals surface area contributed by atoms with Gasteiger partial charge in [0.1, 0.15) is 5.75 Å². The summed E-state index contributed by atoms with van der Waals surface area (Å²) in [4.78, 5) is 17.4. The van der Waals surface area contributed by atoms with Gasteiger partial charge in [-0.25, -0.2) is 9.67 Å². The smallest absolute Gasteiger partial charge is 0.308 e. The first-order chi connectivity index (χ1) is 16.5. The van der Waals surface area contributed by atoms with Gasteiger partial charge in [0.15, 0.2) is 5.13 Å². The van der Waals surface area contributed by atoms with Crippen LogP contribution in [0.1, 0.15) is 55.5 Å². The van der Waals surface area contributed by atoms with Crippen molar-refractivity contribution in [1.29, 1.82) is 0 Å². The highest BCUT2D eigenvalue weighted by Crippen LogP contribution is 2.35. The number of rotatable bonds is 8. The Morgan fingerprint density at radius 2 is 2.12 bits per heavy atom. The molecule has 0 saturated heterocycles. The predicted molar refractivity (Wildman–Crippen MR) is 126 cm³/mol. The van der Waals surface area contributed by atoms with Gasteiger partial charge in [-0.3, -0.25) is 4.79 Å². The van der Waals surface area contributed by atoms with Crippen molar-refractivity contribution in [3.63, 3.8) is 0 Å². The first-order valence-electron chi connectivity index (χ1n) is 11.9. The molecule has 2 fully saturated rings. The fourth-order valence-corrected chi connectivity index (χ4v) is 5.51. The number of aryl methyl sites for hydroxylation is 1. The molecule has 9 heteroatoms. The van der Waals surface area contributed by atoms with E-state index in [-0.39, 0.29) is 23.1 Å². The Morgan fingerprint density at radius 3 is 2.88 bits per heavy atom. The van der Waals surface area contributed by atoms with Crippen LogP contribution in [-0.2, 0) is 22.5 Å². The topological polar surface area (TPSA) is 79.1 Å². The fourth-order valence-electron chi connectivity index (χ4n) is 4.64. The summed E-state index contributed by atoms with van der Waals surface area (Å²) in [6.45, 7) is 2.34. The molecule has 2 aliphatic carbocycles. The van der Waals surface area contributed by atoms with Gasteiger partial charge in [0.05, 0.1) is 47.6 Å². The molecule has 5 rings (SSSR count). The average molecular weight is 485 g/mol. The van der Waals surface area contributed by atoms with Crippen LogP contribution in [-0.4, -0.2) is 39.2 Å². The Labute approximate surface area is 202 Å². The third kappa shape index (κ3) is 5.29. The van der Waals surface area contributed by atoms with E-state index in [9.17, 15) is 9.18 Å². The molecule has 3 aromatic rings. The third-order valence-corrected chi connectivity index (χ3v) is 7.60. The second-order valence-electron chi connectivity index (χ2n) is 9.37. The van der Waals surface area contributed by atoms with Crippen molar-refractivity contribution in [2.45, 2.75) is 64.5 Å². The second-order valence-corrected chi connectivity index (χ2v) is 10.4. The van der Waals surface area contributed by atoms with Gasteiger partial charge in [-0.05, 0) is 81.5 Å². The Bertz CT molecular complexity index is 1170. The number of pyridine rings is 1. The van der Waals surface area contributed by atoms with E-state index in [0.29, 0.717) is 24.4 Å². The van der Waals surface area contributed by atoms with Crippen LogP contribution in [0.4, 0.5) is 4.39 Å². The van der Waals surface area contributed by atoms with E-state index in [2.05, 4.69) is 10.3 Å². The van der Waals surface area contributed by atoms with Crippen LogP contribution in [0.2, 0.25) is 0 Å². The Morgan fingerprint density at radius 1 is 1.26 bits per heavy atom. The maximum Gasteiger partial charge on any atom is 0.308 e. The largest absolute Gasteiger partial charge is 0.489 e. The summed E-state index contributed by atoms with van der Waals surface area (Å²) in [7, 11) is 1.43.